The highest BCUT2D eigenvalue weighted by molar-refractivity contribution is 5.93. The highest BCUT2D eigenvalue weighted by Crippen LogP contribution is 2.08. The van der Waals surface area contributed by atoms with Gasteiger partial charge in [0.15, 0.2) is 0 Å². The molecule has 2 rings (SSSR count). The van der Waals surface area contributed by atoms with E-state index in [0.29, 0.717) is 24.3 Å². The van der Waals surface area contributed by atoms with Gasteiger partial charge in [-0.3, -0.25) is 0 Å². The summed E-state index contributed by atoms with van der Waals surface area (Å²) in [6.07, 6.45) is 3.40. The number of hydrogen-bond donors (Lipinski definition) is 0. The zero-order valence-electron chi connectivity index (χ0n) is 15.4. The van der Waals surface area contributed by atoms with E-state index in [4.69, 9.17) is 9.47 Å². The average molecular weight is 354 g/mol. The van der Waals surface area contributed by atoms with Gasteiger partial charge in [0, 0.05) is 0 Å². The van der Waals surface area contributed by atoms with Crippen molar-refractivity contribution in [1.82, 2.24) is 0 Å². The van der Waals surface area contributed by atoms with Gasteiger partial charge in [0.05, 0.1) is 24.3 Å². The monoisotopic (exact) mass is 354 g/mol. The standard InChI is InChI=1S/C14H18O4.C8H8/c1-3-9-17-13(15)11-5-7-12(8-6-11)14(16)18-10-4-2;1-2-8-6-4-3-5-7-8/h5-8H,3-4,9-10H2,1-2H3;2-7H,1H2. The molecular formula is C22H26O4. The highest BCUT2D eigenvalue weighted by atomic mass is 16.5. The molecule has 0 aliphatic carbocycles. The van der Waals surface area contributed by atoms with Gasteiger partial charge in [-0.05, 0) is 42.7 Å². The van der Waals surface area contributed by atoms with E-state index in [1.165, 1.54) is 5.56 Å². The van der Waals surface area contributed by atoms with Crippen LogP contribution >= 0.6 is 0 Å². The molecule has 0 aromatic heterocycles. The van der Waals surface area contributed by atoms with E-state index in [1.54, 1.807) is 24.3 Å². The summed E-state index contributed by atoms with van der Waals surface area (Å²) >= 11 is 0. The lowest BCUT2D eigenvalue weighted by Crippen LogP contribution is -2.08. The van der Waals surface area contributed by atoms with Crippen LogP contribution in [0.5, 0.6) is 0 Å². The first-order chi connectivity index (χ1) is 12.6. The third-order valence-corrected chi connectivity index (χ3v) is 3.27. The summed E-state index contributed by atoms with van der Waals surface area (Å²) < 4.78 is 9.97. The number of ether oxygens (including phenoxy) is 2. The van der Waals surface area contributed by atoms with Crippen LogP contribution in [0.3, 0.4) is 0 Å². The van der Waals surface area contributed by atoms with Crippen LogP contribution in [-0.4, -0.2) is 25.2 Å². The molecule has 4 heteroatoms. The maximum atomic E-state index is 11.5. The Morgan fingerprint density at radius 3 is 1.54 bits per heavy atom. The number of rotatable bonds is 7. The van der Waals surface area contributed by atoms with Gasteiger partial charge in [0.25, 0.3) is 0 Å². The summed E-state index contributed by atoms with van der Waals surface area (Å²) in [5.41, 5.74) is 2.05. The van der Waals surface area contributed by atoms with Crippen LogP contribution in [0, 0.1) is 0 Å². The molecule has 0 fully saturated rings. The largest absolute Gasteiger partial charge is 0.462 e. The van der Waals surface area contributed by atoms with E-state index in [2.05, 4.69) is 6.58 Å². The fourth-order valence-corrected chi connectivity index (χ4v) is 1.89. The van der Waals surface area contributed by atoms with E-state index >= 15 is 0 Å². The van der Waals surface area contributed by atoms with Crippen molar-refractivity contribution in [1.29, 1.82) is 0 Å². The van der Waals surface area contributed by atoms with Gasteiger partial charge >= 0.3 is 11.9 Å². The van der Waals surface area contributed by atoms with Crippen molar-refractivity contribution in [2.75, 3.05) is 13.2 Å². The molecule has 138 valence electrons. The van der Waals surface area contributed by atoms with Crippen LogP contribution in [0.1, 0.15) is 53.0 Å². The number of hydrogen-bond acceptors (Lipinski definition) is 4. The topological polar surface area (TPSA) is 52.6 Å². The molecule has 0 aliphatic heterocycles. The van der Waals surface area contributed by atoms with Crippen molar-refractivity contribution in [3.63, 3.8) is 0 Å². The van der Waals surface area contributed by atoms with E-state index in [9.17, 15) is 9.59 Å². The van der Waals surface area contributed by atoms with Gasteiger partial charge in [0.1, 0.15) is 0 Å². The Kier molecular flexibility index (Phi) is 10.2. The third-order valence-electron chi connectivity index (χ3n) is 3.27. The molecule has 26 heavy (non-hydrogen) atoms. The first-order valence-electron chi connectivity index (χ1n) is 8.74. The fourth-order valence-electron chi connectivity index (χ4n) is 1.89. The van der Waals surface area contributed by atoms with E-state index in [-0.39, 0.29) is 11.9 Å². The van der Waals surface area contributed by atoms with Crippen LogP contribution in [0.25, 0.3) is 6.08 Å². The van der Waals surface area contributed by atoms with Crippen molar-refractivity contribution in [3.05, 3.63) is 77.9 Å². The van der Waals surface area contributed by atoms with Crippen molar-refractivity contribution in [2.45, 2.75) is 26.7 Å². The van der Waals surface area contributed by atoms with Crippen molar-refractivity contribution >= 4 is 18.0 Å². The van der Waals surface area contributed by atoms with Gasteiger partial charge in [-0.1, -0.05) is 56.8 Å². The van der Waals surface area contributed by atoms with Gasteiger partial charge < -0.3 is 9.47 Å². The molecular weight excluding hydrogens is 328 g/mol. The molecule has 0 spiro atoms. The molecule has 0 aliphatic rings. The second-order valence-electron chi connectivity index (χ2n) is 5.46. The normalized spacial score (nSPS) is 9.46. The minimum atomic E-state index is -0.370. The highest BCUT2D eigenvalue weighted by Gasteiger charge is 2.10. The molecule has 0 saturated carbocycles. The molecule has 4 nitrogen and oxygen atoms in total. The number of carbonyl (C=O) groups is 2. The van der Waals surface area contributed by atoms with Gasteiger partial charge in [-0.25, -0.2) is 9.59 Å². The maximum absolute atomic E-state index is 11.5. The molecule has 0 unspecified atom stereocenters. The summed E-state index contributed by atoms with van der Waals surface area (Å²) in [6.45, 7) is 8.30. The van der Waals surface area contributed by atoms with E-state index < -0.39 is 0 Å². The Morgan fingerprint density at radius 1 is 0.808 bits per heavy atom. The predicted octanol–water partition coefficient (Wildman–Crippen LogP) is 5.15. The molecule has 0 saturated heterocycles. The molecule has 0 bridgehead atoms. The minimum absolute atomic E-state index is 0.370. The summed E-state index contributed by atoms with van der Waals surface area (Å²) in [4.78, 5) is 23.0. The Bertz CT molecular complexity index is 636. The third kappa shape index (κ3) is 7.79. The number of esters is 2. The Balaban J connectivity index is 0.000000350. The second-order valence-corrected chi connectivity index (χ2v) is 5.46. The molecule has 2 aromatic carbocycles. The van der Waals surface area contributed by atoms with Crippen molar-refractivity contribution in [2.24, 2.45) is 0 Å². The lowest BCUT2D eigenvalue weighted by molar-refractivity contribution is 0.0490. The van der Waals surface area contributed by atoms with Gasteiger partial charge in [-0.15, -0.1) is 0 Å². The van der Waals surface area contributed by atoms with Crippen LogP contribution in [0.2, 0.25) is 0 Å². The molecule has 2 aromatic rings. The SMILES string of the molecule is C=Cc1ccccc1.CCCOC(=O)c1ccc(C(=O)OCCC)cc1. The molecule has 0 amide bonds. The number of benzene rings is 2. The van der Waals surface area contributed by atoms with Crippen LogP contribution in [0.15, 0.2) is 61.2 Å². The maximum Gasteiger partial charge on any atom is 0.338 e. The fraction of sp³-hybridized carbons (Fsp3) is 0.273. The minimum Gasteiger partial charge on any atom is -0.462 e. The lowest BCUT2D eigenvalue weighted by atomic mass is 10.1. The summed E-state index contributed by atoms with van der Waals surface area (Å²) in [6, 6.07) is 16.3. The number of carbonyl (C=O) groups excluding carboxylic acids is 2. The average Bonchev–Trinajstić information content (AvgIpc) is 2.71. The smallest absolute Gasteiger partial charge is 0.338 e. The molecule has 0 atom stereocenters. The van der Waals surface area contributed by atoms with E-state index in [0.717, 1.165) is 12.8 Å². The summed E-state index contributed by atoms with van der Waals surface area (Å²) in [5, 5.41) is 0. The van der Waals surface area contributed by atoms with Gasteiger partial charge in [-0.2, -0.15) is 0 Å². The zero-order valence-corrected chi connectivity index (χ0v) is 15.4. The zero-order chi connectivity index (χ0) is 19.2. The first kappa shape index (κ1) is 21.2. The Hall–Kier alpha value is -2.88. The Morgan fingerprint density at radius 2 is 1.23 bits per heavy atom. The predicted molar refractivity (Wildman–Crippen MR) is 104 cm³/mol. The molecule has 0 N–H and O–H groups in total. The quantitative estimate of drug-likeness (QED) is 0.645. The summed E-state index contributed by atoms with van der Waals surface area (Å²) in [5.74, 6) is -0.740. The van der Waals surface area contributed by atoms with Crippen LogP contribution in [-0.2, 0) is 9.47 Å². The van der Waals surface area contributed by atoms with Crippen LogP contribution < -0.4 is 0 Å². The Labute approximate surface area is 155 Å². The van der Waals surface area contributed by atoms with Crippen molar-refractivity contribution in [3.8, 4) is 0 Å². The van der Waals surface area contributed by atoms with Gasteiger partial charge in [0.2, 0.25) is 0 Å². The second kappa shape index (κ2) is 12.5. The lowest BCUT2D eigenvalue weighted by Gasteiger charge is -2.05. The first-order valence-corrected chi connectivity index (χ1v) is 8.74. The summed E-state index contributed by atoms with van der Waals surface area (Å²) in [7, 11) is 0. The molecule has 0 radical (unpaired) electrons. The van der Waals surface area contributed by atoms with Crippen molar-refractivity contribution < 1.29 is 19.1 Å². The van der Waals surface area contributed by atoms with E-state index in [1.807, 2.05) is 50.3 Å². The molecule has 0 heterocycles. The van der Waals surface area contributed by atoms with Crippen LogP contribution in [0.4, 0.5) is 0 Å².